The van der Waals surface area contributed by atoms with E-state index < -0.39 is 0 Å². The lowest BCUT2D eigenvalue weighted by Gasteiger charge is -2.13. The molecular weight excluding hydrogens is 366 g/mol. The molecule has 0 amide bonds. The lowest BCUT2D eigenvalue weighted by Crippen LogP contribution is -2.07. The Bertz CT molecular complexity index is 1090. The average Bonchev–Trinajstić information content (AvgIpc) is 3.15. The first-order chi connectivity index (χ1) is 13.4. The second-order valence-electron chi connectivity index (χ2n) is 7.33. The Morgan fingerprint density at radius 2 is 1.89 bits per heavy atom. The Kier molecular flexibility index (Phi) is 4.67. The van der Waals surface area contributed by atoms with Crippen molar-refractivity contribution in [3.63, 3.8) is 0 Å². The summed E-state index contributed by atoms with van der Waals surface area (Å²) in [5, 5.41) is 10.0. The summed E-state index contributed by atoms with van der Waals surface area (Å²) in [4.78, 5) is 6.51. The molecule has 0 saturated carbocycles. The lowest BCUT2D eigenvalue weighted by molar-refractivity contribution is 0.645. The molecule has 144 valence electrons. The molecule has 3 aromatic rings. The number of anilines is 1. The fourth-order valence-electron chi connectivity index (χ4n) is 3.58. The van der Waals surface area contributed by atoms with Gasteiger partial charge in [0.05, 0.1) is 5.71 Å². The Hall–Kier alpha value is -2.73. The Morgan fingerprint density at radius 3 is 2.57 bits per heavy atom. The van der Waals surface area contributed by atoms with Crippen LogP contribution in [0.3, 0.4) is 0 Å². The second kappa shape index (κ2) is 7.02. The van der Waals surface area contributed by atoms with Crippen molar-refractivity contribution in [1.82, 2.24) is 14.8 Å². The van der Waals surface area contributed by atoms with Crippen molar-refractivity contribution in [2.45, 2.75) is 46.6 Å². The van der Waals surface area contributed by atoms with Crippen molar-refractivity contribution >= 4 is 22.7 Å². The molecule has 0 spiro atoms. The first-order valence-electron chi connectivity index (χ1n) is 9.53. The van der Waals surface area contributed by atoms with E-state index >= 15 is 0 Å². The van der Waals surface area contributed by atoms with Gasteiger partial charge in [-0.1, -0.05) is 31.2 Å². The Labute approximate surface area is 169 Å². The highest BCUT2D eigenvalue weighted by atomic mass is 32.1. The van der Waals surface area contributed by atoms with Gasteiger partial charge in [-0.2, -0.15) is 0 Å². The van der Waals surface area contributed by atoms with E-state index in [1.54, 1.807) is 11.3 Å². The van der Waals surface area contributed by atoms with Crippen molar-refractivity contribution in [3.05, 3.63) is 69.6 Å². The zero-order valence-electron chi connectivity index (χ0n) is 16.8. The lowest BCUT2D eigenvalue weighted by atomic mass is 9.99. The van der Waals surface area contributed by atoms with Gasteiger partial charge < -0.3 is 5.73 Å². The maximum Gasteiger partial charge on any atom is 0.163 e. The highest BCUT2D eigenvalue weighted by molar-refractivity contribution is 7.15. The molecule has 0 aliphatic carbocycles. The van der Waals surface area contributed by atoms with E-state index in [2.05, 4.69) is 54.2 Å². The van der Waals surface area contributed by atoms with Crippen molar-refractivity contribution in [3.8, 4) is 5.00 Å². The van der Waals surface area contributed by atoms with Crippen molar-refractivity contribution in [2.75, 3.05) is 5.73 Å². The van der Waals surface area contributed by atoms with Crippen molar-refractivity contribution < 1.29 is 0 Å². The third-order valence-corrected chi connectivity index (χ3v) is 6.60. The SMILES string of the molecule is C=C(CC)CC1N=C(c2ccc(N)cc2)c2c(sc(C)c2C)-n2c(C)nnc21. The van der Waals surface area contributed by atoms with Gasteiger partial charge >= 0.3 is 0 Å². The molecule has 4 rings (SSSR count). The van der Waals surface area contributed by atoms with Crippen LogP contribution >= 0.6 is 11.3 Å². The molecule has 0 bridgehead atoms. The molecular formula is C22H25N5S. The first kappa shape index (κ1) is 18.6. The summed E-state index contributed by atoms with van der Waals surface area (Å²) in [7, 11) is 0. The summed E-state index contributed by atoms with van der Waals surface area (Å²) in [6.07, 6.45) is 1.69. The summed E-state index contributed by atoms with van der Waals surface area (Å²) in [6, 6.07) is 7.86. The van der Waals surface area contributed by atoms with Gasteiger partial charge in [-0.3, -0.25) is 9.56 Å². The molecule has 1 aromatic carbocycles. The van der Waals surface area contributed by atoms with Crippen LogP contribution in [0.1, 0.15) is 59.0 Å². The third-order valence-electron chi connectivity index (χ3n) is 5.41. The molecule has 28 heavy (non-hydrogen) atoms. The number of aryl methyl sites for hydroxylation is 2. The predicted molar refractivity (Wildman–Crippen MR) is 117 cm³/mol. The fraction of sp³-hybridized carbons (Fsp3) is 0.318. The Balaban J connectivity index is 2.01. The zero-order valence-corrected chi connectivity index (χ0v) is 17.6. The molecule has 2 aromatic heterocycles. The second-order valence-corrected chi connectivity index (χ2v) is 8.53. The molecule has 0 radical (unpaired) electrons. The molecule has 0 saturated heterocycles. The first-order valence-corrected chi connectivity index (χ1v) is 10.3. The molecule has 1 atom stereocenters. The van der Waals surface area contributed by atoms with Gasteiger partial charge in [0, 0.05) is 21.7 Å². The fourth-order valence-corrected chi connectivity index (χ4v) is 4.80. The van der Waals surface area contributed by atoms with E-state index in [0.717, 1.165) is 52.0 Å². The summed E-state index contributed by atoms with van der Waals surface area (Å²) in [6.45, 7) is 12.7. The summed E-state index contributed by atoms with van der Waals surface area (Å²) in [5.74, 6) is 1.78. The number of nitrogens with two attached hydrogens (primary N) is 1. The van der Waals surface area contributed by atoms with Crippen molar-refractivity contribution in [2.24, 2.45) is 4.99 Å². The van der Waals surface area contributed by atoms with Gasteiger partial charge in [0.2, 0.25) is 0 Å². The molecule has 6 heteroatoms. The summed E-state index contributed by atoms with van der Waals surface area (Å²) >= 11 is 1.77. The van der Waals surface area contributed by atoms with Gasteiger partial charge in [-0.25, -0.2) is 0 Å². The van der Waals surface area contributed by atoms with Gasteiger partial charge in [0.25, 0.3) is 0 Å². The predicted octanol–water partition coefficient (Wildman–Crippen LogP) is 5.08. The molecule has 0 fully saturated rings. The van der Waals surface area contributed by atoms with Crippen LogP contribution in [-0.2, 0) is 0 Å². The van der Waals surface area contributed by atoms with E-state index in [1.807, 2.05) is 19.1 Å². The van der Waals surface area contributed by atoms with Gasteiger partial charge in [-0.15, -0.1) is 21.5 Å². The van der Waals surface area contributed by atoms with Crippen LogP contribution in [0.25, 0.3) is 5.00 Å². The topological polar surface area (TPSA) is 69.1 Å². The van der Waals surface area contributed by atoms with Gasteiger partial charge in [-0.05, 0) is 51.3 Å². The minimum Gasteiger partial charge on any atom is -0.399 e. The summed E-state index contributed by atoms with van der Waals surface area (Å²) in [5.41, 5.74) is 12.3. The van der Waals surface area contributed by atoms with Crippen LogP contribution in [0.15, 0.2) is 41.4 Å². The highest BCUT2D eigenvalue weighted by Crippen LogP contribution is 2.40. The van der Waals surface area contributed by atoms with Gasteiger partial charge in [0.1, 0.15) is 16.9 Å². The number of fused-ring (bicyclic) bond motifs is 3. The van der Waals surface area contributed by atoms with Crippen molar-refractivity contribution in [1.29, 1.82) is 0 Å². The molecule has 1 aliphatic rings. The van der Waals surface area contributed by atoms with Gasteiger partial charge in [0.15, 0.2) is 5.82 Å². The average molecular weight is 392 g/mol. The highest BCUT2D eigenvalue weighted by Gasteiger charge is 2.31. The number of nitrogen functional groups attached to an aromatic ring is 1. The molecule has 3 heterocycles. The maximum absolute atomic E-state index is 5.93. The molecule has 2 N–H and O–H groups in total. The molecule has 5 nitrogen and oxygen atoms in total. The number of aromatic nitrogens is 3. The number of hydrogen-bond donors (Lipinski definition) is 1. The number of hydrogen-bond acceptors (Lipinski definition) is 5. The Morgan fingerprint density at radius 1 is 1.18 bits per heavy atom. The largest absolute Gasteiger partial charge is 0.399 e. The molecule has 1 unspecified atom stereocenters. The number of rotatable bonds is 4. The maximum atomic E-state index is 5.93. The van der Waals surface area contributed by atoms with E-state index in [9.17, 15) is 0 Å². The van der Waals surface area contributed by atoms with E-state index in [1.165, 1.54) is 16.0 Å². The van der Waals surface area contributed by atoms with Crippen LogP contribution in [0, 0.1) is 20.8 Å². The van der Waals surface area contributed by atoms with Crippen LogP contribution < -0.4 is 5.73 Å². The van der Waals surface area contributed by atoms with E-state index in [4.69, 9.17) is 10.7 Å². The standard InChI is InChI=1S/C22H25N5S/c1-6-12(2)11-18-21-26-25-15(5)27(21)22-19(13(3)14(4)28-22)20(24-18)16-7-9-17(23)10-8-16/h7-10,18H,2,6,11,23H2,1,3-5H3. The monoisotopic (exact) mass is 391 g/mol. The normalized spacial score (nSPS) is 15.6. The summed E-state index contributed by atoms with van der Waals surface area (Å²) < 4.78 is 2.18. The number of thiophene rings is 1. The molecule has 1 aliphatic heterocycles. The number of nitrogens with zero attached hydrogens (tertiary/aromatic N) is 4. The minimum absolute atomic E-state index is 0.111. The van der Waals surface area contributed by atoms with E-state index in [0.29, 0.717) is 0 Å². The quantitative estimate of drug-likeness (QED) is 0.498. The minimum atomic E-state index is -0.111. The van der Waals surface area contributed by atoms with Crippen LogP contribution in [0.5, 0.6) is 0 Å². The zero-order chi connectivity index (χ0) is 20.0. The number of aliphatic imine (C=N–C) groups is 1. The smallest absolute Gasteiger partial charge is 0.163 e. The van der Waals surface area contributed by atoms with E-state index in [-0.39, 0.29) is 6.04 Å². The van der Waals surface area contributed by atoms with Crippen LogP contribution in [0.4, 0.5) is 5.69 Å². The third kappa shape index (κ3) is 2.98. The number of benzene rings is 1. The van der Waals surface area contributed by atoms with Crippen LogP contribution in [-0.4, -0.2) is 20.5 Å². The van der Waals surface area contributed by atoms with Crippen LogP contribution in [0.2, 0.25) is 0 Å².